The molecule has 1 aromatic carbocycles. The normalized spacial score (nSPS) is 12.7. The van der Waals surface area contributed by atoms with E-state index in [-0.39, 0.29) is 17.8 Å². The molecular weight excluding hydrogens is 292 g/mol. The van der Waals surface area contributed by atoms with Crippen molar-refractivity contribution < 1.29 is 19.1 Å². The zero-order valence-corrected chi connectivity index (χ0v) is 13.4. The van der Waals surface area contributed by atoms with Gasteiger partial charge in [0, 0.05) is 12.0 Å². The molecule has 122 valence electrons. The first-order valence-electron chi connectivity index (χ1n) is 7.24. The highest BCUT2D eigenvalue weighted by molar-refractivity contribution is 5.98. The van der Waals surface area contributed by atoms with Gasteiger partial charge in [-0.2, -0.15) is 0 Å². The lowest BCUT2D eigenvalue weighted by Crippen LogP contribution is -2.28. The molecule has 2 unspecified atom stereocenters. The van der Waals surface area contributed by atoms with Gasteiger partial charge in [-0.25, -0.2) is 4.79 Å². The SMILES string of the molecule is C=CCOC(C=C)C(C(=O)CC(=C)C(=O)OC)c1ccccc1. The van der Waals surface area contributed by atoms with Crippen molar-refractivity contribution in [2.24, 2.45) is 0 Å². The van der Waals surface area contributed by atoms with Crippen LogP contribution in [0.4, 0.5) is 0 Å². The lowest BCUT2D eigenvalue weighted by molar-refractivity contribution is -0.137. The minimum atomic E-state index is -0.590. The molecule has 0 heterocycles. The summed E-state index contributed by atoms with van der Waals surface area (Å²) >= 11 is 0. The maximum absolute atomic E-state index is 12.7. The summed E-state index contributed by atoms with van der Waals surface area (Å²) in [5, 5.41) is 0. The molecule has 0 amide bonds. The monoisotopic (exact) mass is 314 g/mol. The van der Waals surface area contributed by atoms with Crippen molar-refractivity contribution in [2.75, 3.05) is 13.7 Å². The number of hydrogen-bond acceptors (Lipinski definition) is 4. The molecule has 1 aromatic rings. The largest absolute Gasteiger partial charge is 0.466 e. The zero-order valence-electron chi connectivity index (χ0n) is 13.4. The zero-order chi connectivity index (χ0) is 17.2. The first-order chi connectivity index (χ1) is 11.0. The average molecular weight is 314 g/mol. The Balaban J connectivity index is 3.05. The third kappa shape index (κ3) is 5.34. The molecule has 0 N–H and O–H groups in total. The highest BCUT2D eigenvalue weighted by Gasteiger charge is 2.29. The van der Waals surface area contributed by atoms with E-state index in [0.29, 0.717) is 6.61 Å². The van der Waals surface area contributed by atoms with Gasteiger partial charge in [-0.15, -0.1) is 13.2 Å². The van der Waals surface area contributed by atoms with Crippen LogP contribution in [0.3, 0.4) is 0 Å². The van der Waals surface area contributed by atoms with Gasteiger partial charge in [-0.3, -0.25) is 4.79 Å². The van der Waals surface area contributed by atoms with Gasteiger partial charge >= 0.3 is 5.97 Å². The number of ketones is 1. The molecule has 23 heavy (non-hydrogen) atoms. The fourth-order valence-electron chi connectivity index (χ4n) is 2.24. The fraction of sp³-hybridized carbons (Fsp3) is 0.263. The van der Waals surface area contributed by atoms with Crippen molar-refractivity contribution in [2.45, 2.75) is 18.4 Å². The summed E-state index contributed by atoms with van der Waals surface area (Å²) in [6, 6.07) is 9.25. The predicted octanol–water partition coefficient (Wildman–Crippen LogP) is 3.22. The average Bonchev–Trinajstić information content (AvgIpc) is 2.58. The van der Waals surface area contributed by atoms with Crippen LogP contribution in [0.5, 0.6) is 0 Å². The van der Waals surface area contributed by atoms with E-state index in [1.165, 1.54) is 7.11 Å². The maximum atomic E-state index is 12.7. The second-order valence-corrected chi connectivity index (χ2v) is 4.95. The maximum Gasteiger partial charge on any atom is 0.333 e. The van der Waals surface area contributed by atoms with Crippen molar-refractivity contribution in [1.82, 2.24) is 0 Å². The number of ether oxygens (including phenoxy) is 2. The number of methoxy groups -OCH3 is 1. The molecule has 0 fully saturated rings. The van der Waals surface area contributed by atoms with Crippen LogP contribution < -0.4 is 0 Å². The molecule has 0 aliphatic carbocycles. The summed E-state index contributed by atoms with van der Waals surface area (Å²) < 4.78 is 10.2. The summed E-state index contributed by atoms with van der Waals surface area (Å²) in [5.41, 5.74) is 0.911. The molecule has 0 bridgehead atoms. The first-order valence-corrected chi connectivity index (χ1v) is 7.24. The first kappa shape index (κ1) is 18.6. The van der Waals surface area contributed by atoms with Crippen LogP contribution >= 0.6 is 0 Å². The Morgan fingerprint density at radius 2 is 1.87 bits per heavy atom. The molecule has 0 aliphatic rings. The minimum Gasteiger partial charge on any atom is -0.466 e. The van der Waals surface area contributed by atoms with Gasteiger partial charge < -0.3 is 9.47 Å². The topological polar surface area (TPSA) is 52.6 Å². The molecule has 0 aromatic heterocycles. The smallest absolute Gasteiger partial charge is 0.333 e. The molecule has 4 heteroatoms. The van der Waals surface area contributed by atoms with Crippen LogP contribution in [0.2, 0.25) is 0 Å². The summed E-state index contributed by atoms with van der Waals surface area (Å²) in [7, 11) is 1.26. The standard InChI is InChI=1S/C19H22O4/c1-5-12-23-17(6-2)18(15-10-8-7-9-11-15)16(20)13-14(3)19(21)22-4/h5-11,17-18H,1-3,12-13H2,4H3. The van der Waals surface area contributed by atoms with Crippen LogP contribution in [0.15, 0.2) is 67.8 Å². The molecule has 4 nitrogen and oxygen atoms in total. The van der Waals surface area contributed by atoms with Crippen molar-refractivity contribution in [1.29, 1.82) is 0 Å². The van der Waals surface area contributed by atoms with E-state index in [4.69, 9.17) is 4.74 Å². The van der Waals surface area contributed by atoms with Crippen LogP contribution in [0.25, 0.3) is 0 Å². The Kier molecular flexibility index (Phi) is 7.71. The molecule has 0 saturated heterocycles. The summed E-state index contributed by atoms with van der Waals surface area (Å²) in [6.07, 6.45) is 2.57. The Labute approximate surface area is 137 Å². The van der Waals surface area contributed by atoms with Crippen LogP contribution in [0, 0.1) is 0 Å². The molecule has 0 radical (unpaired) electrons. The number of Topliss-reactive ketones (excluding diaryl/α,β-unsaturated/α-hetero) is 1. The molecule has 2 atom stereocenters. The summed E-state index contributed by atoms with van der Waals surface area (Å²) in [6.45, 7) is 11.3. The highest BCUT2D eigenvalue weighted by Crippen LogP contribution is 2.26. The van der Waals surface area contributed by atoms with E-state index in [1.807, 2.05) is 30.3 Å². The van der Waals surface area contributed by atoms with E-state index in [2.05, 4.69) is 24.5 Å². The lowest BCUT2D eigenvalue weighted by atomic mass is 9.86. The Hall–Kier alpha value is -2.46. The molecule has 0 spiro atoms. The van der Waals surface area contributed by atoms with Gasteiger partial charge in [0.25, 0.3) is 0 Å². The number of esters is 1. The predicted molar refractivity (Wildman–Crippen MR) is 90.1 cm³/mol. The number of rotatable bonds is 10. The van der Waals surface area contributed by atoms with Gasteiger partial charge in [-0.05, 0) is 5.56 Å². The van der Waals surface area contributed by atoms with Gasteiger partial charge in [0.15, 0.2) is 0 Å². The second kappa shape index (κ2) is 9.54. The van der Waals surface area contributed by atoms with E-state index in [1.54, 1.807) is 12.2 Å². The van der Waals surface area contributed by atoms with Gasteiger partial charge in [-0.1, -0.05) is 49.1 Å². The van der Waals surface area contributed by atoms with Gasteiger partial charge in [0.1, 0.15) is 5.78 Å². The second-order valence-electron chi connectivity index (χ2n) is 4.95. The lowest BCUT2D eigenvalue weighted by Gasteiger charge is -2.24. The number of carbonyl (C=O) groups excluding carboxylic acids is 2. The number of hydrogen-bond donors (Lipinski definition) is 0. The van der Waals surface area contributed by atoms with E-state index >= 15 is 0 Å². The van der Waals surface area contributed by atoms with Crippen molar-refractivity contribution >= 4 is 11.8 Å². The third-order valence-electron chi connectivity index (χ3n) is 3.33. The Bertz CT molecular complexity index is 574. The number of carbonyl (C=O) groups is 2. The van der Waals surface area contributed by atoms with Crippen molar-refractivity contribution in [3.8, 4) is 0 Å². The van der Waals surface area contributed by atoms with Crippen LogP contribution in [0.1, 0.15) is 17.9 Å². The van der Waals surface area contributed by atoms with E-state index < -0.39 is 18.0 Å². The molecule has 0 saturated carbocycles. The fourth-order valence-corrected chi connectivity index (χ4v) is 2.24. The molecule has 1 rings (SSSR count). The van der Waals surface area contributed by atoms with Gasteiger partial charge in [0.05, 0.1) is 25.7 Å². The van der Waals surface area contributed by atoms with Crippen molar-refractivity contribution in [3.05, 3.63) is 73.4 Å². The van der Waals surface area contributed by atoms with Crippen molar-refractivity contribution in [3.63, 3.8) is 0 Å². The summed E-state index contributed by atoms with van der Waals surface area (Å²) in [5.74, 6) is -1.34. The highest BCUT2D eigenvalue weighted by atomic mass is 16.5. The molecule has 0 aliphatic heterocycles. The Morgan fingerprint density at radius 3 is 2.39 bits per heavy atom. The Morgan fingerprint density at radius 1 is 1.22 bits per heavy atom. The quantitative estimate of drug-likeness (QED) is 0.378. The van der Waals surface area contributed by atoms with Crippen LogP contribution in [-0.4, -0.2) is 31.6 Å². The third-order valence-corrected chi connectivity index (χ3v) is 3.33. The van der Waals surface area contributed by atoms with E-state index in [0.717, 1.165) is 5.56 Å². The summed E-state index contributed by atoms with van der Waals surface area (Å²) in [4.78, 5) is 24.2. The van der Waals surface area contributed by atoms with Crippen LogP contribution in [-0.2, 0) is 19.1 Å². The molecular formula is C19H22O4. The van der Waals surface area contributed by atoms with E-state index in [9.17, 15) is 9.59 Å². The minimum absolute atomic E-state index is 0.103. The number of benzene rings is 1. The van der Waals surface area contributed by atoms with Gasteiger partial charge in [0.2, 0.25) is 0 Å².